The van der Waals surface area contributed by atoms with E-state index < -0.39 is 12.2 Å². The van der Waals surface area contributed by atoms with Crippen molar-refractivity contribution in [2.24, 2.45) is 11.3 Å². The van der Waals surface area contributed by atoms with Crippen LogP contribution >= 0.6 is 0 Å². The van der Waals surface area contributed by atoms with Gasteiger partial charge in [-0.3, -0.25) is 9.69 Å². The first-order valence-corrected chi connectivity index (χ1v) is 7.57. The van der Waals surface area contributed by atoms with Gasteiger partial charge in [0.15, 0.2) is 0 Å². The Kier molecular flexibility index (Phi) is 4.82. The highest BCUT2D eigenvalue weighted by Crippen LogP contribution is 2.54. The predicted molar refractivity (Wildman–Crippen MR) is 73.8 cm³/mol. The van der Waals surface area contributed by atoms with Gasteiger partial charge in [-0.05, 0) is 18.3 Å². The molecular formula is C14H24F3N3O. The smallest absolute Gasteiger partial charge is 0.354 e. The molecule has 0 spiro atoms. The van der Waals surface area contributed by atoms with Crippen molar-refractivity contribution in [3.63, 3.8) is 0 Å². The maximum atomic E-state index is 13.2. The lowest BCUT2D eigenvalue weighted by Crippen LogP contribution is -2.57. The molecule has 122 valence electrons. The van der Waals surface area contributed by atoms with Gasteiger partial charge in [-0.1, -0.05) is 13.8 Å². The fourth-order valence-electron chi connectivity index (χ4n) is 2.97. The molecule has 0 radical (unpaired) electrons. The second-order valence-corrected chi connectivity index (χ2v) is 6.35. The topological polar surface area (TPSA) is 44.4 Å². The summed E-state index contributed by atoms with van der Waals surface area (Å²) in [6.07, 6.45) is -2.66. The molecule has 0 aromatic heterocycles. The Morgan fingerprint density at radius 1 is 1.43 bits per heavy atom. The number of rotatable bonds is 5. The summed E-state index contributed by atoms with van der Waals surface area (Å²) < 4.78 is 39.5. The average Bonchev–Trinajstić information content (AvgIpc) is 3.12. The van der Waals surface area contributed by atoms with Crippen LogP contribution in [0.5, 0.6) is 0 Å². The number of carbonyl (C=O) groups is 1. The largest absolute Gasteiger partial charge is 0.405 e. The Balaban J connectivity index is 1.89. The molecule has 1 amide bonds. The second kappa shape index (κ2) is 6.12. The van der Waals surface area contributed by atoms with Gasteiger partial charge in [-0.2, -0.15) is 13.2 Å². The van der Waals surface area contributed by atoms with E-state index in [0.717, 1.165) is 12.8 Å². The molecule has 4 nitrogen and oxygen atoms in total. The number of hydrogen-bond acceptors (Lipinski definition) is 3. The number of amides is 1. The third-order valence-corrected chi connectivity index (χ3v) is 4.92. The number of carbonyl (C=O) groups excluding carboxylic acids is 1. The van der Waals surface area contributed by atoms with Crippen molar-refractivity contribution in [2.45, 2.75) is 38.9 Å². The van der Waals surface area contributed by atoms with Gasteiger partial charge in [0.1, 0.15) is 6.04 Å². The van der Waals surface area contributed by atoms with Crippen LogP contribution in [0, 0.1) is 11.3 Å². The number of hydrogen-bond donors (Lipinski definition) is 2. The second-order valence-electron chi connectivity index (χ2n) is 6.35. The molecule has 0 bridgehead atoms. The third-order valence-electron chi connectivity index (χ3n) is 4.92. The lowest BCUT2D eigenvalue weighted by molar-refractivity contribution is -0.184. The van der Waals surface area contributed by atoms with E-state index in [1.165, 1.54) is 4.90 Å². The molecule has 2 fully saturated rings. The SMILES string of the molecule is CCC1(C)CC1C(=O)NCC(N1CCNCC1)C(F)(F)F. The van der Waals surface area contributed by atoms with Crippen LogP contribution in [0.15, 0.2) is 0 Å². The first kappa shape index (κ1) is 16.5. The highest BCUT2D eigenvalue weighted by atomic mass is 19.4. The fraction of sp³-hybridized carbons (Fsp3) is 0.929. The first-order valence-electron chi connectivity index (χ1n) is 7.57. The minimum Gasteiger partial charge on any atom is -0.354 e. The van der Waals surface area contributed by atoms with E-state index in [1.54, 1.807) is 0 Å². The summed E-state index contributed by atoms with van der Waals surface area (Å²) in [6, 6.07) is -1.59. The van der Waals surface area contributed by atoms with Crippen molar-refractivity contribution < 1.29 is 18.0 Å². The summed E-state index contributed by atoms with van der Waals surface area (Å²) >= 11 is 0. The number of nitrogens with zero attached hydrogens (tertiary/aromatic N) is 1. The summed E-state index contributed by atoms with van der Waals surface area (Å²) in [5.74, 6) is -0.358. The van der Waals surface area contributed by atoms with Crippen LogP contribution < -0.4 is 10.6 Å². The molecule has 1 aliphatic heterocycles. The fourth-order valence-corrected chi connectivity index (χ4v) is 2.97. The minimum atomic E-state index is -4.32. The Morgan fingerprint density at radius 3 is 2.52 bits per heavy atom. The van der Waals surface area contributed by atoms with Crippen LogP contribution in [0.4, 0.5) is 13.2 Å². The highest BCUT2D eigenvalue weighted by molar-refractivity contribution is 5.82. The number of nitrogens with one attached hydrogen (secondary N) is 2. The Morgan fingerprint density at radius 2 is 2.05 bits per heavy atom. The van der Waals surface area contributed by atoms with Gasteiger partial charge in [0.05, 0.1) is 0 Å². The summed E-state index contributed by atoms with van der Waals surface area (Å²) in [5, 5.41) is 5.55. The van der Waals surface area contributed by atoms with Crippen molar-refractivity contribution in [1.82, 2.24) is 15.5 Å². The molecule has 2 rings (SSSR count). The molecule has 2 N–H and O–H groups in total. The van der Waals surface area contributed by atoms with Gasteiger partial charge < -0.3 is 10.6 Å². The minimum absolute atomic E-state index is 0.0210. The van der Waals surface area contributed by atoms with Crippen LogP contribution in [-0.2, 0) is 4.79 Å². The van der Waals surface area contributed by atoms with Crippen molar-refractivity contribution in [3.05, 3.63) is 0 Å². The molecule has 0 aromatic rings. The maximum Gasteiger partial charge on any atom is 0.405 e. The summed E-state index contributed by atoms with van der Waals surface area (Å²) in [4.78, 5) is 13.4. The molecule has 7 heteroatoms. The van der Waals surface area contributed by atoms with Crippen LogP contribution in [-0.4, -0.2) is 55.7 Å². The van der Waals surface area contributed by atoms with Crippen LogP contribution in [0.2, 0.25) is 0 Å². The van der Waals surface area contributed by atoms with Gasteiger partial charge in [0, 0.05) is 38.6 Å². The summed E-state index contributed by atoms with van der Waals surface area (Å²) in [7, 11) is 0. The lowest BCUT2D eigenvalue weighted by Gasteiger charge is -2.36. The summed E-state index contributed by atoms with van der Waals surface area (Å²) in [5.41, 5.74) is -0.0210. The maximum absolute atomic E-state index is 13.2. The zero-order valence-corrected chi connectivity index (χ0v) is 12.6. The molecular weight excluding hydrogens is 283 g/mol. The molecule has 3 unspecified atom stereocenters. The van der Waals surface area contributed by atoms with Crippen molar-refractivity contribution in [2.75, 3.05) is 32.7 Å². The molecule has 2 aliphatic rings. The Bertz CT molecular complexity index is 382. The molecule has 0 aromatic carbocycles. The molecule has 1 saturated carbocycles. The quantitative estimate of drug-likeness (QED) is 0.806. The summed E-state index contributed by atoms with van der Waals surface area (Å²) in [6.45, 7) is 5.49. The van der Waals surface area contributed by atoms with Crippen molar-refractivity contribution in [3.8, 4) is 0 Å². The van der Waals surface area contributed by atoms with E-state index in [9.17, 15) is 18.0 Å². The van der Waals surface area contributed by atoms with E-state index in [1.807, 2.05) is 13.8 Å². The van der Waals surface area contributed by atoms with E-state index in [4.69, 9.17) is 0 Å². The zero-order chi connectivity index (χ0) is 15.7. The van der Waals surface area contributed by atoms with Crippen molar-refractivity contribution in [1.29, 1.82) is 0 Å². The Hall–Kier alpha value is -0.820. The van der Waals surface area contributed by atoms with E-state index in [2.05, 4.69) is 10.6 Å². The first-order chi connectivity index (χ1) is 9.78. The molecule has 1 heterocycles. The molecule has 3 atom stereocenters. The standard InChI is InChI=1S/C14H24F3N3O/c1-3-13(2)8-10(13)12(21)19-9-11(14(15,16)17)20-6-4-18-5-7-20/h10-11,18H,3-9H2,1-2H3,(H,19,21). The van der Waals surface area contributed by atoms with Gasteiger partial charge in [0.25, 0.3) is 0 Å². The van der Waals surface area contributed by atoms with Gasteiger partial charge in [-0.25, -0.2) is 0 Å². The molecule has 1 aliphatic carbocycles. The van der Waals surface area contributed by atoms with E-state index in [-0.39, 0.29) is 23.8 Å². The Labute approximate surface area is 123 Å². The van der Waals surface area contributed by atoms with Crippen molar-refractivity contribution >= 4 is 5.91 Å². The lowest BCUT2D eigenvalue weighted by atomic mass is 10.0. The molecule has 1 saturated heterocycles. The van der Waals surface area contributed by atoms with Gasteiger partial charge >= 0.3 is 6.18 Å². The highest BCUT2D eigenvalue weighted by Gasteiger charge is 2.53. The van der Waals surface area contributed by atoms with E-state index in [0.29, 0.717) is 26.2 Å². The number of halogens is 3. The monoisotopic (exact) mass is 307 g/mol. The number of piperazine rings is 1. The van der Waals surface area contributed by atoms with Gasteiger partial charge in [-0.15, -0.1) is 0 Å². The number of alkyl halides is 3. The van der Waals surface area contributed by atoms with Crippen LogP contribution in [0.3, 0.4) is 0 Å². The zero-order valence-electron chi connectivity index (χ0n) is 12.6. The van der Waals surface area contributed by atoms with Crippen LogP contribution in [0.25, 0.3) is 0 Å². The molecule has 21 heavy (non-hydrogen) atoms. The normalized spacial score (nSPS) is 31.8. The average molecular weight is 307 g/mol. The third kappa shape index (κ3) is 3.88. The van der Waals surface area contributed by atoms with Crippen LogP contribution in [0.1, 0.15) is 26.7 Å². The van der Waals surface area contributed by atoms with E-state index >= 15 is 0 Å². The van der Waals surface area contributed by atoms with Gasteiger partial charge in [0.2, 0.25) is 5.91 Å². The predicted octanol–water partition coefficient (Wildman–Crippen LogP) is 1.37.